The zero-order valence-electron chi connectivity index (χ0n) is 7.34. The number of fused-ring (bicyclic) bond motifs is 1. The third kappa shape index (κ3) is 1.74. The van der Waals surface area contributed by atoms with Crippen LogP contribution in [-0.4, -0.2) is 18.3 Å². The van der Waals surface area contributed by atoms with E-state index in [1.165, 1.54) is 18.2 Å². The molecule has 1 heterocycles. The standard InChI is InChI=1S/C9H6F3NO2/c10-9(11,12)8-13-7(14)5-3-1-2-4-6(5)15-8/h1-4,8H,(H,13,14). The Bertz CT molecular complexity index is 403. The molecular formula is C9H6F3NO2. The fourth-order valence-electron chi connectivity index (χ4n) is 1.26. The lowest BCUT2D eigenvalue weighted by Gasteiger charge is -2.27. The molecule has 0 radical (unpaired) electrons. The Kier molecular flexibility index (Phi) is 2.06. The summed E-state index contributed by atoms with van der Waals surface area (Å²) in [5, 5.41) is 1.73. The van der Waals surface area contributed by atoms with Gasteiger partial charge >= 0.3 is 6.18 Å². The molecule has 1 amide bonds. The van der Waals surface area contributed by atoms with Crippen LogP contribution < -0.4 is 10.1 Å². The first-order chi connectivity index (χ1) is 6.98. The van der Waals surface area contributed by atoms with E-state index in [2.05, 4.69) is 4.74 Å². The van der Waals surface area contributed by atoms with Gasteiger partial charge in [-0.1, -0.05) is 12.1 Å². The van der Waals surface area contributed by atoms with E-state index in [0.717, 1.165) is 0 Å². The smallest absolute Gasteiger partial charge is 0.445 e. The molecule has 0 spiro atoms. The van der Waals surface area contributed by atoms with E-state index in [9.17, 15) is 18.0 Å². The van der Waals surface area contributed by atoms with Crippen molar-refractivity contribution in [2.24, 2.45) is 0 Å². The second-order valence-corrected chi connectivity index (χ2v) is 3.01. The highest BCUT2D eigenvalue weighted by Gasteiger charge is 2.45. The fraction of sp³-hybridized carbons (Fsp3) is 0.222. The maximum atomic E-state index is 12.3. The molecule has 0 aromatic heterocycles. The van der Waals surface area contributed by atoms with Crippen LogP contribution in [0.25, 0.3) is 0 Å². The number of benzene rings is 1. The summed E-state index contributed by atoms with van der Waals surface area (Å²) in [6.07, 6.45) is -6.87. The Morgan fingerprint density at radius 3 is 2.60 bits per heavy atom. The molecule has 80 valence electrons. The quantitative estimate of drug-likeness (QED) is 0.718. The van der Waals surface area contributed by atoms with Crippen molar-refractivity contribution in [3.63, 3.8) is 0 Å². The predicted molar refractivity (Wildman–Crippen MR) is 44.4 cm³/mol. The van der Waals surface area contributed by atoms with Crippen molar-refractivity contribution in [3.05, 3.63) is 29.8 Å². The van der Waals surface area contributed by atoms with Crippen LogP contribution in [0.4, 0.5) is 13.2 Å². The van der Waals surface area contributed by atoms with Crippen molar-refractivity contribution >= 4 is 5.91 Å². The van der Waals surface area contributed by atoms with Crippen LogP contribution in [0.3, 0.4) is 0 Å². The highest BCUT2D eigenvalue weighted by atomic mass is 19.4. The molecule has 0 fully saturated rings. The van der Waals surface area contributed by atoms with Crippen molar-refractivity contribution in [1.29, 1.82) is 0 Å². The van der Waals surface area contributed by atoms with Gasteiger partial charge in [0.15, 0.2) is 0 Å². The number of hydrogen-bond donors (Lipinski definition) is 1. The SMILES string of the molecule is O=C1NC(C(F)(F)F)Oc2ccccc21. The number of amides is 1. The van der Waals surface area contributed by atoms with Crippen molar-refractivity contribution in [3.8, 4) is 5.75 Å². The Balaban J connectivity index is 2.35. The average Bonchev–Trinajstić information content (AvgIpc) is 2.16. The summed E-state index contributed by atoms with van der Waals surface area (Å²) in [6, 6.07) is 5.78. The summed E-state index contributed by atoms with van der Waals surface area (Å²) in [7, 11) is 0. The number of para-hydroxylation sites is 1. The first-order valence-electron chi connectivity index (χ1n) is 4.12. The second kappa shape index (κ2) is 3.15. The molecule has 0 bridgehead atoms. The van der Waals surface area contributed by atoms with E-state index < -0.39 is 18.3 Å². The molecule has 1 unspecified atom stereocenters. The van der Waals surface area contributed by atoms with E-state index in [-0.39, 0.29) is 11.3 Å². The number of carbonyl (C=O) groups excluding carboxylic acids is 1. The number of rotatable bonds is 0. The van der Waals surface area contributed by atoms with Gasteiger partial charge in [-0.15, -0.1) is 0 Å². The molecule has 1 N–H and O–H groups in total. The normalized spacial score (nSPS) is 20.2. The minimum Gasteiger partial charge on any atom is -0.460 e. The van der Waals surface area contributed by atoms with Gasteiger partial charge in [-0.05, 0) is 12.1 Å². The first kappa shape index (κ1) is 9.82. The summed E-state index contributed by atoms with van der Waals surface area (Å²) in [5.41, 5.74) is 0.109. The molecule has 2 rings (SSSR count). The van der Waals surface area contributed by atoms with Crippen LogP contribution in [-0.2, 0) is 0 Å². The summed E-state index contributed by atoms with van der Waals surface area (Å²) in [5.74, 6) is -0.831. The van der Waals surface area contributed by atoms with Gasteiger partial charge in [0.05, 0.1) is 5.56 Å². The van der Waals surface area contributed by atoms with Gasteiger partial charge < -0.3 is 10.1 Å². The molecule has 1 aliphatic heterocycles. The Hall–Kier alpha value is -1.72. The molecule has 0 saturated heterocycles. The van der Waals surface area contributed by atoms with Crippen LogP contribution in [0.15, 0.2) is 24.3 Å². The largest absolute Gasteiger partial charge is 0.460 e. The Morgan fingerprint density at radius 1 is 1.27 bits per heavy atom. The van der Waals surface area contributed by atoms with Gasteiger partial charge in [-0.3, -0.25) is 4.79 Å². The van der Waals surface area contributed by atoms with Gasteiger partial charge in [0.2, 0.25) is 0 Å². The van der Waals surface area contributed by atoms with Crippen LogP contribution >= 0.6 is 0 Å². The number of hydrogen-bond acceptors (Lipinski definition) is 2. The van der Waals surface area contributed by atoms with Gasteiger partial charge in [-0.25, -0.2) is 0 Å². The van der Waals surface area contributed by atoms with Crippen molar-refractivity contribution in [2.45, 2.75) is 12.4 Å². The summed E-state index contributed by atoms with van der Waals surface area (Å²) in [6.45, 7) is 0. The van der Waals surface area contributed by atoms with Gasteiger partial charge in [-0.2, -0.15) is 13.2 Å². The lowest BCUT2D eigenvalue weighted by molar-refractivity contribution is -0.202. The maximum absolute atomic E-state index is 12.3. The lowest BCUT2D eigenvalue weighted by Crippen LogP contribution is -2.52. The van der Waals surface area contributed by atoms with Crippen molar-refractivity contribution in [2.75, 3.05) is 0 Å². The molecule has 1 aliphatic rings. The molecule has 1 aromatic carbocycles. The number of nitrogens with one attached hydrogen (secondary N) is 1. The van der Waals surface area contributed by atoms with Crippen molar-refractivity contribution in [1.82, 2.24) is 5.32 Å². The topological polar surface area (TPSA) is 38.3 Å². The summed E-state index contributed by atoms with van der Waals surface area (Å²) in [4.78, 5) is 11.3. The van der Waals surface area contributed by atoms with E-state index in [4.69, 9.17) is 0 Å². The monoisotopic (exact) mass is 217 g/mol. The molecule has 1 aromatic rings. The third-order valence-electron chi connectivity index (χ3n) is 1.94. The molecule has 0 saturated carbocycles. The molecule has 15 heavy (non-hydrogen) atoms. The number of ether oxygens (including phenoxy) is 1. The van der Waals surface area contributed by atoms with E-state index >= 15 is 0 Å². The number of alkyl halides is 3. The van der Waals surface area contributed by atoms with Gasteiger partial charge in [0.1, 0.15) is 5.75 Å². The Morgan fingerprint density at radius 2 is 1.93 bits per heavy atom. The predicted octanol–water partition coefficient (Wildman–Crippen LogP) is 1.70. The van der Waals surface area contributed by atoms with E-state index in [1.807, 2.05) is 0 Å². The zero-order valence-corrected chi connectivity index (χ0v) is 7.34. The lowest BCUT2D eigenvalue weighted by atomic mass is 10.1. The summed E-state index contributed by atoms with van der Waals surface area (Å²) < 4.78 is 41.4. The maximum Gasteiger partial charge on any atom is 0.445 e. The highest BCUT2D eigenvalue weighted by Crippen LogP contribution is 2.29. The zero-order chi connectivity index (χ0) is 11.1. The van der Waals surface area contributed by atoms with Gasteiger partial charge in [0.25, 0.3) is 12.1 Å². The molecule has 0 aliphatic carbocycles. The van der Waals surface area contributed by atoms with Crippen LogP contribution in [0.2, 0.25) is 0 Å². The average molecular weight is 217 g/mol. The summed E-state index contributed by atoms with van der Waals surface area (Å²) >= 11 is 0. The Labute approximate surface area is 82.8 Å². The van der Waals surface area contributed by atoms with Gasteiger partial charge in [0, 0.05) is 0 Å². The first-order valence-corrected chi connectivity index (χ1v) is 4.12. The van der Waals surface area contributed by atoms with Crippen LogP contribution in [0.1, 0.15) is 10.4 Å². The van der Waals surface area contributed by atoms with Crippen molar-refractivity contribution < 1.29 is 22.7 Å². The highest BCUT2D eigenvalue weighted by molar-refractivity contribution is 5.97. The van der Waals surface area contributed by atoms with Crippen LogP contribution in [0, 0.1) is 0 Å². The van der Waals surface area contributed by atoms with Crippen LogP contribution in [0.5, 0.6) is 5.75 Å². The van der Waals surface area contributed by atoms with E-state index in [1.54, 1.807) is 11.4 Å². The fourth-order valence-corrected chi connectivity index (χ4v) is 1.26. The molecular weight excluding hydrogens is 211 g/mol. The van der Waals surface area contributed by atoms with E-state index in [0.29, 0.717) is 0 Å². The third-order valence-corrected chi connectivity index (χ3v) is 1.94. The molecule has 1 atom stereocenters. The molecule has 3 nitrogen and oxygen atoms in total. The second-order valence-electron chi connectivity index (χ2n) is 3.01. The number of halogens is 3. The minimum absolute atomic E-state index is 0.0522. The number of carbonyl (C=O) groups is 1. The molecule has 6 heteroatoms. The minimum atomic E-state index is -4.61.